The molecule has 0 heterocycles. The zero-order valence-electron chi connectivity index (χ0n) is 11.4. The molecule has 1 amide bonds. The minimum absolute atomic E-state index is 0.245. The monoisotopic (exact) mass is 322 g/mol. The summed E-state index contributed by atoms with van der Waals surface area (Å²) in [6.07, 6.45) is -8.13. The molecule has 0 radical (unpaired) electrons. The second-order valence-electron chi connectivity index (χ2n) is 4.66. The lowest BCUT2D eigenvalue weighted by Crippen LogP contribution is -2.59. The number of hydrogen-bond acceptors (Lipinski definition) is 5. The molecule has 6 nitrogen and oxygen atoms in total. The summed E-state index contributed by atoms with van der Waals surface area (Å²) in [6.45, 7) is -0.866. The van der Waals surface area contributed by atoms with Crippen molar-refractivity contribution in [1.82, 2.24) is 5.32 Å². The van der Waals surface area contributed by atoms with E-state index in [-0.39, 0.29) is 6.54 Å². The van der Waals surface area contributed by atoms with E-state index in [4.69, 9.17) is 10.8 Å². The lowest BCUT2D eigenvalue weighted by atomic mass is 9.86. The van der Waals surface area contributed by atoms with Crippen LogP contribution in [-0.4, -0.2) is 52.7 Å². The Balaban J connectivity index is 3.16. The van der Waals surface area contributed by atoms with Crippen molar-refractivity contribution in [3.8, 4) is 0 Å². The van der Waals surface area contributed by atoms with E-state index < -0.39 is 42.0 Å². The van der Waals surface area contributed by atoms with Crippen LogP contribution in [0.2, 0.25) is 0 Å². The molecule has 22 heavy (non-hydrogen) atoms. The molecule has 9 heteroatoms. The van der Waals surface area contributed by atoms with Gasteiger partial charge in [0.1, 0.15) is 0 Å². The van der Waals surface area contributed by atoms with Crippen molar-refractivity contribution in [3.63, 3.8) is 0 Å². The number of amides is 1. The average molecular weight is 322 g/mol. The number of carbonyl (C=O) groups excluding carboxylic acids is 1. The van der Waals surface area contributed by atoms with E-state index in [0.29, 0.717) is 0 Å². The minimum atomic E-state index is -5.30. The fourth-order valence-electron chi connectivity index (χ4n) is 1.82. The van der Waals surface area contributed by atoms with Crippen LogP contribution in [0.4, 0.5) is 13.2 Å². The van der Waals surface area contributed by atoms with Crippen molar-refractivity contribution < 1.29 is 33.3 Å². The minimum Gasteiger partial charge on any atom is -0.394 e. The summed E-state index contributed by atoms with van der Waals surface area (Å²) in [5.41, 5.74) is 0.730. The zero-order valence-corrected chi connectivity index (χ0v) is 11.4. The number of carbonyl (C=O) groups is 1. The number of nitrogens with two attached hydrogens (primary N) is 1. The SMILES string of the molecule is NCC(CO)NC(=O)C(O)C(O)(c1ccccc1)C(F)(F)F. The molecule has 0 aliphatic carbocycles. The van der Waals surface area contributed by atoms with Crippen molar-refractivity contribution in [1.29, 1.82) is 0 Å². The maximum absolute atomic E-state index is 13.2. The van der Waals surface area contributed by atoms with Crippen molar-refractivity contribution in [2.75, 3.05) is 13.2 Å². The van der Waals surface area contributed by atoms with Gasteiger partial charge in [0.2, 0.25) is 5.60 Å². The normalized spacial score (nSPS) is 17.4. The summed E-state index contributed by atoms with van der Waals surface area (Å²) < 4.78 is 39.7. The van der Waals surface area contributed by atoms with Crippen LogP contribution in [0, 0.1) is 0 Å². The van der Waals surface area contributed by atoms with E-state index in [1.807, 2.05) is 5.32 Å². The highest BCUT2D eigenvalue weighted by atomic mass is 19.4. The van der Waals surface area contributed by atoms with Crippen LogP contribution in [0.5, 0.6) is 0 Å². The zero-order chi connectivity index (χ0) is 17.0. The number of halogens is 3. The Kier molecular flexibility index (Phi) is 5.89. The van der Waals surface area contributed by atoms with Gasteiger partial charge in [-0.15, -0.1) is 0 Å². The Morgan fingerprint density at radius 3 is 2.23 bits per heavy atom. The van der Waals surface area contributed by atoms with Gasteiger partial charge in [-0.3, -0.25) is 4.79 Å². The smallest absolute Gasteiger partial charge is 0.394 e. The summed E-state index contributed by atoms with van der Waals surface area (Å²) in [5, 5.41) is 30.6. The van der Waals surface area contributed by atoms with Gasteiger partial charge in [-0.1, -0.05) is 30.3 Å². The Hall–Kier alpha value is -1.68. The third-order valence-corrected chi connectivity index (χ3v) is 3.14. The quantitative estimate of drug-likeness (QED) is 0.472. The molecule has 0 saturated carbocycles. The van der Waals surface area contributed by atoms with E-state index >= 15 is 0 Å². The fraction of sp³-hybridized carbons (Fsp3) is 0.462. The van der Waals surface area contributed by atoms with E-state index in [2.05, 4.69) is 0 Å². The third-order valence-electron chi connectivity index (χ3n) is 3.14. The Morgan fingerprint density at radius 1 is 1.27 bits per heavy atom. The molecule has 1 aromatic carbocycles. The largest absolute Gasteiger partial charge is 0.424 e. The molecule has 0 fully saturated rings. The molecule has 3 atom stereocenters. The van der Waals surface area contributed by atoms with Gasteiger partial charge in [-0.05, 0) is 5.56 Å². The first kappa shape index (κ1) is 18.4. The number of aliphatic hydroxyl groups excluding tert-OH is 2. The third kappa shape index (κ3) is 3.55. The molecule has 124 valence electrons. The van der Waals surface area contributed by atoms with E-state index in [0.717, 1.165) is 12.1 Å². The Morgan fingerprint density at radius 2 is 1.82 bits per heavy atom. The Bertz CT molecular complexity index is 494. The van der Waals surface area contributed by atoms with Crippen LogP contribution < -0.4 is 11.1 Å². The fourth-order valence-corrected chi connectivity index (χ4v) is 1.82. The second-order valence-corrected chi connectivity index (χ2v) is 4.66. The highest BCUT2D eigenvalue weighted by molar-refractivity contribution is 5.82. The van der Waals surface area contributed by atoms with Gasteiger partial charge in [-0.25, -0.2) is 0 Å². The van der Waals surface area contributed by atoms with Crippen molar-refractivity contribution >= 4 is 5.91 Å². The van der Waals surface area contributed by atoms with Crippen LogP contribution in [0.3, 0.4) is 0 Å². The lowest BCUT2D eigenvalue weighted by molar-refractivity contribution is -0.293. The summed E-state index contributed by atoms with van der Waals surface area (Å²) in [4.78, 5) is 11.8. The Labute approximate surface area is 124 Å². The molecule has 6 N–H and O–H groups in total. The van der Waals surface area contributed by atoms with Crippen molar-refractivity contribution in [2.45, 2.75) is 23.9 Å². The summed E-state index contributed by atoms with van der Waals surface area (Å²) >= 11 is 0. The summed E-state index contributed by atoms with van der Waals surface area (Å²) in [7, 11) is 0. The predicted molar refractivity (Wildman–Crippen MR) is 70.5 cm³/mol. The standard InChI is InChI=1S/C13H17F3N2O4/c14-13(15,16)12(22,8-4-2-1-3-5-8)10(20)11(21)18-9(6-17)7-19/h1-5,9-10,19-20,22H,6-7,17H2,(H,18,21). The van der Waals surface area contributed by atoms with Crippen LogP contribution >= 0.6 is 0 Å². The maximum Gasteiger partial charge on any atom is 0.424 e. The van der Waals surface area contributed by atoms with Crippen LogP contribution in [0.15, 0.2) is 30.3 Å². The van der Waals surface area contributed by atoms with Crippen LogP contribution in [0.1, 0.15) is 5.56 Å². The van der Waals surface area contributed by atoms with Gasteiger partial charge in [0.05, 0.1) is 12.6 Å². The highest BCUT2D eigenvalue weighted by Gasteiger charge is 2.61. The first-order valence-electron chi connectivity index (χ1n) is 6.32. The molecule has 0 saturated heterocycles. The van der Waals surface area contributed by atoms with Gasteiger partial charge in [0, 0.05) is 6.54 Å². The highest BCUT2D eigenvalue weighted by Crippen LogP contribution is 2.41. The molecule has 0 aromatic heterocycles. The van der Waals surface area contributed by atoms with E-state index in [9.17, 15) is 28.2 Å². The molecule has 0 spiro atoms. The number of benzene rings is 1. The molecular formula is C13H17F3N2O4. The molecule has 0 aliphatic heterocycles. The van der Waals surface area contributed by atoms with Crippen molar-refractivity contribution in [2.24, 2.45) is 5.73 Å². The first-order chi connectivity index (χ1) is 10.2. The van der Waals surface area contributed by atoms with Crippen LogP contribution in [0.25, 0.3) is 0 Å². The van der Waals surface area contributed by atoms with Gasteiger partial charge in [0.25, 0.3) is 5.91 Å². The number of aliphatic hydroxyl groups is 3. The summed E-state index contributed by atoms with van der Waals surface area (Å²) in [6, 6.07) is 4.73. The maximum atomic E-state index is 13.2. The molecule has 0 aliphatic rings. The van der Waals surface area contributed by atoms with Gasteiger partial charge < -0.3 is 26.4 Å². The first-order valence-corrected chi connectivity index (χ1v) is 6.32. The number of alkyl halides is 3. The average Bonchev–Trinajstić information content (AvgIpc) is 2.50. The van der Waals surface area contributed by atoms with Gasteiger partial charge in [-0.2, -0.15) is 13.2 Å². The van der Waals surface area contributed by atoms with E-state index in [1.54, 1.807) is 0 Å². The molecular weight excluding hydrogens is 305 g/mol. The molecule has 0 bridgehead atoms. The molecule has 1 aromatic rings. The van der Waals surface area contributed by atoms with Crippen LogP contribution in [-0.2, 0) is 10.4 Å². The topological polar surface area (TPSA) is 116 Å². The number of nitrogens with one attached hydrogen (secondary N) is 1. The number of hydrogen-bond donors (Lipinski definition) is 5. The second kappa shape index (κ2) is 7.05. The van der Waals surface area contributed by atoms with Crippen molar-refractivity contribution in [3.05, 3.63) is 35.9 Å². The lowest BCUT2D eigenvalue weighted by Gasteiger charge is -2.34. The summed E-state index contributed by atoms with van der Waals surface area (Å²) in [5.74, 6) is -1.49. The molecule has 3 unspecified atom stereocenters. The van der Waals surface area contributed by atoms with Gasteiger partial charge in [0.15, 0.2) is 6.10 Å². The molecule has 1 rings (SSSR count). The predicted octanol–water partition coefficient (Wildman–Crippen LogP) is -0.767. The van der Waals surface area contributed by atoms with Gasteiger partial charge >= 0.3 is 6.18 Å². The van der Waals surface area contributed by atoms with E-state index in [1.165, 1.54) is 18.2 Å². The number of rotatable bonds is 6.